The maximum Gasteiger partial charge on any atom is 0.172 e. The predicted molar refractivity (Wildman–Crippen MR) is 73.4 cm³/mol. The van der Waals surface area contributed by atoms with Gasteiger partial charge in [-0.05, 0) is 17.7 Å². The Morgan fingerprint density at radius 2 is 2.10 bits per heavy atom. The van der Waals surface area contributed by atoms with Crippen molar-refractivity contribution in [2.45, 2.75) is 13.0 Å². The van der Waals surface area contributed by atoms with Gasteiger partial charge < -0.3 is 9.47 Å². The predicted octanol–water partition coefficient (Wildman–Crippen LogP) is 1.22. The van der Waals surface area contributed by atoms with E-state index in [0.717, 1.165) is 5.56 Å². The zero-order valence-electron chi connectivity index (χ0n) is 11.7. The average molecular weight is 286 g/mol. The minimum atomic E-state index is 0.0451. The number of carbonyl (C=O) groups excluding carboxylic acids is 1. The Morgan fingerprint density at radius 1 is 1.33 bits per heavy atom. The first-order chi connectivity index (χ1) is 10.2. The number of rotatable bonds is 6. The number of ether oxygens (including phenoxy) is 2. The molecule has 0 aliphatic rings. The van der Waals surface area contributed by atoms with E-state index in [2.05, 4.69) is 10.3 Å². The summed E-state index contributed by atoms with van der Waals surface area (Å²) in [5, 5.41) is 16.3. The highest BCUT2D eigenvalue weighted by Gasteiger charge is 2.14. The minimum absolute atomic E-state index is 0.0451. The molecule has 0 saturated carbocycles. The molecule has 21 heavy (non-hydrogen) atoms. The molecule has 7 nitrogen and oxygen atoms in total. The van der Waals surface area contributed by atoms with Crippen molar-refractivity contribution < 1.29 is 14.3 Å². The Morgan fingerprint density at radius 3 is 2.71 bits per heavy atom. The van der Waals surface area contributed by atoms with Gasteiger partial charge >= 0.3 is 0 Å². The van der Waals surface area contributed by atoms with Crippen LogP contribution in [0.4, 0.5) is 0 Å². The van der Waals surface area contributed by atoms with Gasteiger partial charge in [-0.25, -0.2) is 4.68 Å². The number of hydrogen-bond donors (Lipinski definition) is 0. The van der Waals surface area contributed by atoms with Gasteiger partial charge in [-0.3, -0.25) is 4.79 Å². The molecule has 0 bridgehead atoms. The number of nitrogens with zero attached hydrogens (tertiary/aromatic N) is 4. The topological polar surface area (TPSA) is 90.0 Å². The highest BCUT2D eigenvalue weighted by atomic mass is 16.5. The van der Waals surface area contributed by atoms with Crippen molar-refractivity contribution in [1.82, 2.24) is 15.0 Å². The zero-order valence-corrected chi connectivity index (χ0v) is 11.7. The van der Waals surface area contributed by atoms with Gasteiger partial charge in [0.15, 0.2) is 17.8 Å². The van der Waals surface area contributed by atoms with Gasteiger partial charge in [0, 0.05) is 6.42 Å². The molecular formula is C14H14N4O3. The summed E-state index contributed by atoms with van der Waals surface area (Å²) >= 11 is 0. The highest BCUT2D eigenvalue weighted by Crippen LogP contribution is 2.28. The highest BCUT2D eigenvalue weighted by molar-refractivity contribution is 5.73. The van der Waals surface area contributed by atoms with Crippen LogP contribution in [0.5, 0.6) is 11.5 Å². The van der Waals surface area contributed by atoms with Crippen LogP contribution in [0.2, 0.25) is 0 Å². The molecule has 0 fully saturated rings. The van der Waals surface area contributed by atoms with Crippen molar-refractivity contribution in [3.8, 4) is 17.6 Å². The third-order valence-electron chi connectivity index (χ3n) is 3.02. The number of benzene rings is 1. The van der Waals surface area contributed by atoms with Gasteiger partial charge in [-0.15, -0.1) is 5.10 Å². The summed E-state index contributed by atoms with van der Waals surface area (Å²) in [6, 6.07) is 7.45. The molecule has 0 aliphatic carbocycles. The lowest BCUT2D eigenvalue weighted by Gasteiger charge is -2.10. The van der Waals surface area contributed by atoms with E-state index < -0.39 is 0 Å². The molecule has 7 heteroatoms. The summed E-state index contributed by atoms with van der Waals surface area (Å²) in [6.07, 6.45) is 1.06. The molecule has 1 aromatic carbocycles. The molecule has 0 saturated heterocycles. The van der Waals surface area contributed by atoms with E-state index in [1.807, 2.05) is 18.2 Å². The summed E-state index contributed by atoms with van der Waals surface area (Å²) in [5.41, 5.74) is 1.73. The van der Waals surface area contributed by atoms with Crippen LogP contribution in [-0.4, -0.2) is 35.5 Å². The van der Waals surface area contributed by atoms with Gasteiger partial charge in [0.1, 0.15) is 12.2 Å². The summed E-state index contributed by atoms with van der Waals surface area (Å²) < 4.78 is 11.8. The number of methoxy groups -OCH3 is 2. The van der Waals surface area contributed by atoms with E-state index in [9.17, 15) is 4.79 Å². The first kappa shape index (κ1) is 14.5. The lowest BCUT2D eigenvalue weighted by atomic mass is 10.1. The van der Waals surface area contributed by atoms with Crippen molar-refractivity contribution >= 4 is 6.29 Å². The Hall–Kier alpha value is -2.88. The van der Waals surface area contributed by atoms with Crippen molar-refractivity contribution in [1.29, 1.82) is 5.26 Å². The normalized spacial score (nSPS) is 9.95. The standard InChI is InChI=1S/C14H14N4O3/c1-20-13-4-3-10(8-14(13)21-2)7-12-11(9-19)16-17-18(12)6-5-15/h3-4,8-9H,6-7H2,1-2H3. The van der Waals surface area contributed by atoms with E-state index >= 15 is 0 Å². The third kappa shape index (κ3) is 3.00. The fourth-order valence-electron chi connectivity index (χ4n) is 2.00. The van der Waals surface area contributed by atoms with E-state index in [4.69, 9.17) is 14.7 Å². The van der Waals surface area contributed by atoms with E-state index in [1.165, 1.54) is 4.68 Å². The molecule has 0 amide bonds. The average Bonchev–Trinajstić information content (AvgIpc) is 2.89. The molecule has 2 aromatic rings. The largest absolute Gasteiger partial charge is 0.493 e. The van der Waals surface area contributed by atoms with Crippen molar-refractivity contribution in [3.63, 3.8) is 0 Å². The van der Waals surface area contributed by atoms with Crippen LogP contribution in [0, 0.1) is 11.3 Å². The van der Waals surface area contributed by atoms with Crippen LogP contribution in [0.15, 0.2) is 18.2 Å². The molecule has 0 radical (unpaired) electrons. The van der Waals surface area contributed by atoms with Crippen molar-refractivity contribution in [3.05, 3.63) is 35.2 Å². The Kier molecular flexibility index (Phi) is 4.51. The lowest BCUT2D eigenvalue weighted by Crippen LogP contribution is -2.06. The second-order valence-corrected chi connectivity index (χ2v) is 4.22. The maximum atomic E-state index is 11.0. The molecule has 2 rings (SSSR count). The lowest BCUT2D eigenvalue weighted by molar-refractivity contribution is 0.111. The second-order valence-electron chi connectivity index (χ2n) is 4.22. The first-order valence-electron chi connectivity index (χ1n) is 6.18. The monoisotopic (exact) mass is 286 g/mol. The van der Waals surface area contributed by atoms with Crippen molar-refractivity contribution in [2.75, 3.05) is 14.2 Å². The Bertz CT molecular complexity index is 688. The van der Waals surface area contributed by atoms with Crippen LogP contribution in [0.3, 0.4) is 0 Å². The third-order valence-corrected chi connectivity index (χ3v) is 3.02. The summed E-state index contributed by atoms with van der Waals surface area (Å²) in [5.74, 6) is 1.22. The molecule has 0 N–H and O–H groups in total. The minimum Gasteiger partial charge on any atom is -0.493 e. The molecule has 108 valence electrons. The van der Waals surface area contributed by atoms with Crippen LogP contribution in [0.25, 0.3) is 0 Å². The number of aldehydes is 1. The second kappa shape index (κ2) is 6.52. The van der Waals surface area contributed by atoms with Gasteiger partial charge in [0.2, 0.25) is 0 Å². The Labute approximate surface area is 121 Å². The zero-order chi connectivity index (χ0) is 15.2. The molecule has 1 heterocycles. The summed E-state index contributed by atoms with van der Waals surface area (Å²) in [7, 11) is 3.12. The molecular weight excluding hydrogens is 272 g/mol. The molecule has 0 atom stereocenters. The van der Waals surface area contributed by atoms with Crippen LogP contribution < -0.4 is 9.47 Å². The van der Waals surface area contributed by atoms with Gasteiger partial charge in [0.05, 0.1) is 26.0 Å². The molecule has 0 spiro atoms. The Balaban J connectivity index is 2.36. The first-order valence-corrected chi connectivity index (χ1v) is 6.18. The van der Waals surface area contributed by atoms with Gasteiger partial charge in [-0.1, -0.05) is 11.3 Å². The van der Waals surface area contributed by atoms with Crippen LogP contribution >= 0.6 is 0 Å². The summed E-state index contributed by atoms with van der Waals surface area (Å²) in [4.78, 5) is 11.0. The van der Waals surface area contributed by atoms with E-state index in [1.54, 1.807) is 20.3 Å². The quantitative estimate of drug-likeness (QED) is 0.742. The van der Waals surface area contributed by atoms with E-state index in [-0.39, 0.29) is 12.2 Å². The van der Waals surface area contributed by atoms with Crippen LogP contribution in [0.1, 0.15) is 21.7 Å². The number of carbonyl (C=O) groups is 1. The van der Waals surface area contributed by atoms with Gasteiger partial charge in [-0.2, -0.15) is 5.26 Å². The van der Waals surface area contributed by atoms with Crippen molar-refractivity contribution in [2.24, 2.45) is 0 Å². The number of nitriles is 1. The smallest absolute Gasteiger partial charge is 0.172 e. The fraction of sp³-hybridized carbons (Fsp3) is 0.286. The molecule has 0 aliphatic heterocycles. The molecule has 1 aromatic heterocycles. The molecule has 0 unspecified atom stereocenters. The van der Waals surface area contributed by atoms with Crippen LogP contribution in [-0.2, 0) is 13.0 Å². The SMILES string of the molecule is COc1ccc(Cc2c(C=O)nnn2CC#N)cc1OC. The fourth-order valence-corrected chi connectivity index (χ4v) is 2.00. The number of aromatic nitrogens is 3. The van der Waals surface area contributed by atoms with E-state index in [0.29, 0.717) is 29.9 Å². The summed E-state index contributed by atoms with van der Waals surface area (Å²) in [6.45, 7) is 0.0451. The van der Waals surface area contributed by atoms with Gasteiger partial charge in [0.25, 0.3) is 0 Å². The number of hydrogen-bond acceptors (Lipinski definition) is 6. The maximum absolute atomic E-state index is 11.0.